The van der Waals surface area contributed by atoms with E-state index >= 15 is 0 Å². The lowest BCUT2D eigenvalue weighted by molar-refractivity contribution is -0.137. The smallest absolute Gasteiger partial charge is 0.236 e. The average Bonchev–Trinajstić information content (AvgIpc) is 3.16. The van der Waals surface area contributed by atoms with Crippen LogP contribution in [0.3, 0.4) is 0 Å². The summed E-state index contributed by atoms with van der Waals surface area (Å²) < 4.78 is 5.18. The van der Waals surface area contributed by atoms with Gasteiger partial charge in [0.05, 0.1) is 12.8 Å². The fourth-order valence-corrected chi connectivity index (χ4v) is 3.00. The lowest BCUT2D eigenvalue weighted by Crippen LogP contribution is -2.46. The van der Waals surface area contributed by atoms with Crippen molar-refractivity contribution in [3.8, 4) is 0 Å². The lowest BCUT2D eigenvalue weighted by Gasteiger charge is -2.25. The molecule has 5 heteroatoms. The van der Waals surface area contributed by atoms with Gasteiger partial charge in [-0.05, 0) is 37.8 Å². The van der Waals surface area contributed by atoms with E-state index in [1.807, 2.05) is 6.07 Å². The molecule has 1 heterocycles. The molecule has 114 valence electrons. The Morgan fingerprint density at radius 3 is 2.57 bits per heavy atom. The van der Waals surface area contributed by atoms with Crippen molar-refractivity contribution < 1.29 is 14.0 Å². The number of carbonyl (C=O) groups is 2. The summed E-state index contributed by atoms with van der Waals surface area (Å²) in [5.74, 6) is 0.436. The quantitative estimate of drug-likeness (QED) is 0.816. The zero-order valence-electron chi connectivity index (χ0n) is 12.2. The van der Waals surface area contributed by atoms with E-state index in [1.54, 1.807) is 12.3 Å². The van der Waals surface area contributed by atoms with Gasteiger partial charge in [0, 0.05) is 6.04 Å². The molecule has 2 fully saturated rings. The van der Waals surface area contributed by atoms with E-state index in [9.17, 15) is 9.59 Å². The summed E-state index contributed by atoms with van der Waals surface area (Å²) in [6.07, 6.45) is 8.54. The minimum atomic E-state index is -0.829. The summed E-state index contributed by atoms with van der Waals surface area (Å²) in [5, 5.41) is 5.88. The zero-order chi connectivity index (χ0) is 14.7. The first-order valence-corrected chi connectivity index (χ1v) is 7.82. The van der Waals surface area contributed by atoms with Crippen LogP contribution in [0, 0.1) is 5.41 Å². The highest BCUT2D eigenvalue weighted by Crippen LogP contribution is 2.46. The van der Waals surface area contributed by atoms with Crippen molar-refractivity contribution in [3.63, 3.8) is 0 Å². The number of carbonyl (C=O) groups excluding carboxylic acids is 2. The Bertz CT molecular complexity index is 500. The van der Waals surface area contributed by atoms with Crippen molar-refractivity contribution in [1.82, 2.24) is 10.6 Å². The third kappa shape index (κ3) is 3.12. The number of rotatable bonds is 5. The molecule has 1 aromatic rings. The number of amides is 2. The second-order valence-corrected chi connectivity index (χ2v) is 6.15. The molecule has 0 saturated heterocycles. The van der Waals surface area contributed by atoms with Crippen LogP contribution in [-0.4, -0.2) is 17.9 Å². The van der Waals surface area contributed by atoms with E-state index in [4.69, 9.17) is 4.42 Å². The normalized spacial score (nSPS) is 20.8. The molecule has 0 aliphatic heterocycles. The second kappa shape index (κ2) is 5.92. The second-order valence-electron chi connectivity index (χ2n) is 6.15. The molecule has 2 saturated carbocycles. The van der Waals surface area contributed by atoms with Crippen molar-refractivity contribution in [3.05, 3.63) is 24.2 Å². The van der Waals surface area contributed by atoms with Gasteiger partial charge in [-0.3, -0.25) is 9.59 Å². The summed E-state index contributed by atoms with van der Waals surface area (Å²) in [5.41, 5.74) is -0.829. The van der Waals surface area contributed by atoms with Gasteiger partial charge in [0.15, 0.2) is 0 Å². The van der Waals surface area contributed by atoms with Crippen LogP contribution in [0.1, 0.15) is 50.7 Å². The van der Waals surface area contributed by atoms with Crippen LogP contribution < -0.4 is 10.6 Å². The molecule has 0 bridgehead atoms. The first-order chi connectivity index (χ1) is 10.2. The molecular formula is C16H22N2O3. The molecule has 5 nitrogen and oxygen atoms in total. The zero-order valence-corrected chi connectivity index (χ0v) is 12.2. The highest BCUT2D eigenvalue weighted by Gasteiger charge is 2.56. The summed E-state index contributed by atoms with van der Waals surface area (Å²) in [6.45, 7) is 0.338. The molecule has 0 spiro atoms. The van der Waals surface area contributed by atoms with E-state index in [0.717, 1.165) is 12.8 Å². The van der Waals surface area contributed by atoms with Crippen molar-refractivity contribution in [1.29, 1.82) is 0 Å². The van der Waals surface area contributed by atoms with Crippen LogP contribution in [0.25, 0.3) is 0 Å². The van der Waals surface area contributed by atoms with Gasteiger partial charge in [-0.15, -0.1) is 0 Å². The Hall–Kier alpha value is -1.78. The summed E-state index contributed by atoms with van der Waals surface area (Å²) >= 11 is 0. The fraction of sp³-hybridized carbons (Fsp3) is 0.625. The SMILES string of the molecule is O=C(NCc1ccco1)C1(C(=O)NC2CCCCC2)CC1. The minimum Gasteiger partial charge on any atom is -0.467 e. The minimum absolute atomic E-state index is 0.0913. The number of hydrogen-bond donors (Lipinski definition) is 2. The Morgan fingerprint density at radius 1 is 1.19 bits per heavy atom. The van der Waals surface area contributed by atoms with Crippen molar-refractivity contribution in [2.45, 2.75) is 57.5 Å². The molecule has 2 aliphatic rings. The number of furan rings is 1. The summed E-state index contributed by atoms with van der Waals surface area (Å²) in [4.78, 5) is 24.7. The molecule has 0 radical (unpaired) electrons. The molecular weight excluding hydrogens is 268 g/mol. The molecule has 1 aromatic heterocycles. The van der Waals surface area contributed by atoms with Gasteiger partial charge in [-0.25, -0.2) is 0 Å². The Labute approximate surface area is 124 Å². The van der Waals surface area contributed by atoms with E-state index in [0.29, 0.717) is 25.1 Å². The lowest BCUT2D eigenvalue weighted by atomic mass is 9.94. The van der Waals surface area contributed by atoms with Crippen LogP contribution in [0.2, 0.25) is 0 Å². The standard InChI is InChI=1S/C16H22N2O3/c19-14(17-11-13-7-4-10-21-13)16(8-9-16)15(20)18-12-5-2-1-3-6-12/h4,7,10,12H,1-3,5-6,8-9,11H2,(H,17,19)(H,18,20). The maximum atomic E-state index is 12.4. The molecule has 0 aromatic carbocycles. The maximum Gasteiger partial charge on any atom is 0.236 e. The van der Waals surface area contributed by atoms with Crippen LogP contribution in [0.5, 0.6) is 0 Å². The molecule has 3 rings (SSSR count). The van der Waals surface area contributed by atoms with Crippen LogP contribution >= 0.6 is 0 Å². The molecule has 2 aliphatic carbocycles. The van der Waals surface area contributed by atoms with Gasteiger partial charge >= 0.3 is 0 Å². The molecule has 21 heavy (non-hydrogen) atoms. The molecule has 2 N–H and O–H groups in total. The van der Waals surface area contributed by atoms with E-state index in [1.165, 1.54) is 19.3 Å². The van der Waals surface area contributed by atoms with E-state index in [-0.39, 0.29) is 17.9 Å². The molecule has 0 unspecified atom stereocenters. The predicted octanol–water partition coefficient (Wildman–Crippen LogP) is 2.12. The topological polar surface area (TPSA) is 71.3 Å². The van der Waals surface area contributed by atoms with Crippen molar-refractivity contribution >= 4 is 11.8 Å². The predicted molar refractivity (Wildman–Crippen MR) is 77.2 cm³/mol. The summed E-state index contributed by atoms with van der Waals surface area (Å²) in [7, 11) is 0. The Balaban J connectivity index is 1.52. The highest BCUT2D eigenvalue weighted by atomic mass is 16.3. The van der Waals surface area contributed by atoms with Gasteiger partial charge in [-0.2, -0.15) is 0 Å². The van der Waals surface area contributed by atoms with Gasteiger partial charge in [0.1, 0.15) is 11.2 Å². The fourth-order valence-electron chi connectivity index (χ4n) is 3.00. The van der Waals surface area contributed by atoms with E-state index < -0.39 is 5.41 Å². The Morgan fingerprint density at radius 2 is 1.95 bits per heavy atom. The first-order valence-electron chi connectivity index (χ1n) is 7.82. The monoisotopic (exact) mass is 290 g/mol. The summed E-state index contributed by atoms with van der Waals surface area (Å²) in [6, 6.07) is 3.84. The van der Waals surface area contributed by atoms with Gasteiger partial charge in [-0.1, -0.05) is 19.3 Å². The van der Waals surface area contributed by atoms with Gasteiger partial charge < -0.3 is 15.1 Å². The highest BCUT2D eigenvalue weighted by molar-refractivity contribution is 6.07. The third-order valence-electron chi connectivity index (χ3n) is 4.56. The van der Waals surface area contributed by atoms with Gasteiger partial charge in [0.25, 0.3) is 0 Å². The van der Waals surface area contributed by atoms with Crippen LogP contribution in [0.15, 0.2) is 22.8 Å². The van der Waals surface area contributed by atoms with Crippen LogP contribution in [-0.2, 0) is 16.1 Å². The number of hydrogen-bond acceptors (Lipinski definition) is 3. The average molecular weight is 290 g/mol. The van der Waals surface area contributed by atoms with Gasteiger partial charge in [0.2, 0.25) is 11.8 Å². The van der Waals surface area contributed by atoms with E-state index in [2.05, 4.69) is 10.6 Å². The van der Waals surface area contributed by atoms with Crippen LogP contribution in [0.4, 0.5) is 0 Å². The first kappa shape index (κ1) is 14.2. The largest absolute Gasteiger partial charge is 0.467 e. The maximum absolute atomic E-state index is 12.4. The number of nitrogens with one attached hydrogen (secondary N) is 2. The third-order valence-corrected chi connectivity index (χ3v) is 4.56. The molecule has 2 amide bonds. The molecule has 0 atom stereocenters. The Kier molecular flexibility index (Phi) is 3.99. The van der Waals surface area contributed by atoms with Crippen molar-refractivity contribution in [2.75, 3.05) is 0 Å². The van der Waals surface area contributed by atoms with Crippen molar-refractivity contribution in [2.24, 2.45) is 5.41 Å².